The van der Waals surface area contributed by atoms with Crippen LogP contribution in [0.25, 0.3) is 10.8 Å². The third kappa shape index (κ3) is 4.81. The largest absolute Gasteiger partial charge is 0.507 e. The molecule has 4 N–H and O–H groups in total. The Bertz CT molecular complexity index is 1170. The summed E-state index contributed by atoms with van der Waals surface area (Å²) in [4.78, 5) is 25.0. The highest BCUT2D eigenvalue weighted by Gasteiger charge is 2.18. The van der Waals surface area contributed by atoms with Gasteiger partial charge in [0.05, 0.1) is 26.9 Å². The number of benzene rings is 3. The number of hydrogen-bond acceptors (Lipinski definition) is 7. The van der Waals surface area contributed by atoms with Gasteiger partial charge in [-0.3, -0.25) is 25.8 Å². The molecule has 0 aliphatic rings. The average molecular weight is 455 g/mol. The van der Waals surface area contributed by atoms with Gasteiger partial charge in [0.25, 0.3) is 11.8 Å². The smallest absolute Gasteiger partial charge is 0.273 e. The van der Waals surface area contributed by atoms with E-state index in [1.54, 1.807) is 6.07 Å². The van der Waals surface area contributed by atoms with Crippen molar-refractivity contribution in [3.8, 4) is 23.0 Å². The summed E-state index contributed by atoms with van der Waals surface area (Å²) in [5.74, 6) is -0.431. The number of phenolic OH excluding ortho intramolecular Hbond substituents is 1. The van der Waals surface area contributed by atoms with E-state index >= 15 is 0 Å². The lowest BCUT2D eigenvalue weighted by atomic mass is 10.1. The minimum Gasteiger partial charge on any atom is -0.507 e. The first-order valence-electron chi connectivity index (χ1n) is 9.31. The quantitative estimate of drug-likeness (QED) is 0.342. The fourth-order valence-corrected chi connectivity index (χ4v) is 3.15. The molecule has 0 fully saturated rings. The molecule has 3 rings (SSSR count). The number of amides is 2. The number of carbonyl (C=O) groups is 2. The second-order valence-corrected chi connectivity index (χ2v) is 6.90. The van der Waals surface area contributed by atoms with E-state index in [2.05, 4.69) is 16.2 Å². The maximum atomic E-state index is 12.6. The Morgan fingerprint density at radius 2 is 1.44 bits per heavy atom. The van der Waals surface area contributed by atoms with Gasteiger partial charge in [0.1, 0.15) is 5.75 Å². The molecule has 0 aliphatic heterocycles. The molecule has 0 atom stereocenters. The summed E-state index contributed by atoms with van der Waals surface area (Å²) >= 11 is 5.07. The van der Waals surface area contributed by atoms with Crippen molar-refractivity contribution in [1.82, 2.24) is 16.2 Å². The second-order valence-electron chi connectivity index (χ2n) is 6.49. The maximum Gasteiger partial charge on any atom is 0.273 e. The number of phenols is 1. The minimum atomic E-state index is -0.627. The number of hydrazine groups is 1. The van der Waals surface area contributed by atoms with E-state index in [0.29, 0.717) is 17.2 Å². The fraction of sp³-hybridized carbons (Fsp3) is 0.136. The van der Waals surface area contributed by atoms with Crippen LogP contribution in [0, 0.1) is 0 Å². The second kappa shape index (κ2) is 9.84. The number of fused-ring (bicyclic) bond motifs is 1. The van der Waals surface area contributed by atoms with Crippen LogP contribution in [0.1, 0.15) is 20.7 Å². The van der Waals surface area contributed by atoms with Gasteiger partial charge in [-0.25, -0.2) is 0 Å². The van der Waals surface area contributed by atoms with Crippen LogP contribution < -0.4 is 30.4 Å². The highest BCUT2D eigenvalue weighted by Crippen LogP contribution is 2.38. The molecule has 0 heterocycles. The molecule has 0 bridgehead atoms. The van der Waals surface area contributed by atoms with E-state index in [0.717, 1.165) is 10.8 Å². The average Bonchev–Trinajstić information content (AvgIpc) is 2.80. The van der Waals surface area contributed by atoms with Gasteiger partial charge in [-0.2, -0.15) is 0 Å². The number of methoxy groups -OCH3 is 3. The Kier molecular flexibility index (Phi) is 6.96. The van der Waals surface area contributed by atoms with Crippen LogP contribution in [0.2, 0.25) is 0 Å². The van der Waals surface area contributed by atoms with Crippen LogP contribution in [0.3, 0.4) is 0 Å². The number of nitrogens with one attached hydrogen (secondary N) is 3. The molecule has 3 aromatic rings. The lowest BCUT2D eigenvalue weighted by molar-refractivity contribution is 0.0932. The van der Waals surface area contributed by atoms with Crippen molar-refractivity contribution >= 4 is 39.9 Å². The molecule has 10 heteroatoms. The summed E-state index contributed by atoms with van der Waals surface area (Å²) < 4.78 is 15.7. The minimum absolute atomic E-state index is 0.0509. The normalized spacial score (nSPS) is 10.2. The van der Waals surface area contributed by atoms with Gasteiger partial charge in [-0.05, 0) is 47.3 Å². The highest BCUT2D eigenvalue weighted by molar-refractivity contribution is 7.80. The van der Waals surface area contributed by atoms with Gasteiger partial charge in [-0.1, -0.05) is 24.3 Å². The Labute approximate surface area is 189 Å². The number of aromatic hydroxyl groups is 1. The van der Waals surface area contributed by atoms with Gasteiger partial charge in [0.15, 0.2) is 16.6 Å². The molecule has 9 nitrogen and oxygen atoms in total. The van der Waals surface area contributed by atoms with Crippen LogP contribution >= 0.6 is 12.2 Å². The summed E-state index contributed by atoms with van der Waals surface area (Å²) in [6, 6.07) is 13.3. The van der Waals surface area contributed by atoms with Crippen molar-refractivity contribution in [3.05, 3.63) is 59.7 Å². The highest BCUT2D eigenvalue weighted by atomic mass is 32.1. The van der Waals surface area contributed by atoms with Gasteiger partial charge in [-0.15, -0.1) is 0 Å². The SMILES string of the molecule is COc1cc(C(=O)NC(=S)NNC(=O)c2cc3ccccc3cc2O)cc(OC)c1OC. The Morgan fingerprint density at radius 3 is 2.00 bits per heavy atom. The van der Waals surface area contributed by atoms with Crippen LogP contribution in [-0.2, 0) is 0 Å². The monoisotopic (exact) mass is 455 g/mol. The van der Waals surface area contributed by atoms with E-state index < -0.39 is 11.8 Å². The Morgan fingerprint density at radius 1 is 0.844 bits per heavy atom. The summed E-state index contributed by atoms with van der Waals surface area (Å²) in [6.07, 6.45) is 0. The van der Waals surface area contributed by atoms with Crippen molar-refractivity contribution in [1.29, 1.82) is 0 Å². The molecule has 0 spiro atoms. The zero-order chi connectivity index (χ0) is 23.3. The first kappa shape index (κ1) is 22.6. The third-order valence-corrected chi connectivity index (χ3v) is 4.76. The molecular weight excluding hydrogens is 434 g/mol. The predicted molar refractivity (Wildman–Crippen MR) is 122 cm³/mol. The molecule has 2 amide bonds. The number of thiocarbonyl (C=S) groups is 1. The third-order valence-electron chi connectivity index (χ3n) is 4.55. The van der Waals surface area contributed by atoms with E-state index in [9.17, 15) is 14.7 Å². The zero-order valence-electron chi connectivity index (χ0n) is 17.5. The lowest BCUT2D eigenvalue weighted by Gasteiger charge is -2.15. The summed E-state index contributed by atoms with van der Waals surface area (Å²) in [7, 11) is 4.32. The molecule has 0 radical (unpaired) electrons. The first-order chi connectivity index (χ1) is 15.4. The predicted octanol–water partition coefficient (Wildman–Crippen LogP) is 2.52. The Hall–Kier alpha value is -4.05. The topological polar surface area (TPSA) is 118 Å². The number of carbonyl (C=O) groups excluding carboxylic acids is 2. The molecule has 32 heavy (non-hydrogen) atoms. The van der Waals surface area contributed by atoms with Crippen molar-refractivity contribution in [2.75, 3.05) is 21.3 Å². The fourth-order valence-electron chi connectivity index (χ4n) is 3.01. The Balaban J connectivity index is 1.67. The van der Waals surface area contributed by atoms with E-state index in [1.807, 2.05) is 24.3 Å². The molecular formula is C22H21N3O6S. The maximum absolute atomic E-state index is 12.6. The van der Waals surface area contributed by atoms with Crippen molar-refractivity contribution in [3.63, 3.8) is 0 Å². The van der Waals surface area contributed by atoms with Crippen LogP contribution in [0.5, 0.6) is 23.0 Å². The zero-order valence-corrected chi connectivity index (χ0v) is 18.3. The van der Waals surface area contributed by atoms with Gasteiger partial charge >= 0.3 is 0 Å². The van der Waals surface area contributed by atoms with Crippen LogP contribution in [0.4, 0.5) is 0 Å². The molecule has 0 aliphatic carbocycles. The first-order valence-corrected chi connectivity index (χ1v) is 9.72. The summed E-state index contributed by atoms with van der Waals surface area (Å²) in [5, 5.41) is 14.0. The number of ether oxygens (including phenoxy) is 3. The van der Waals surface area contributed by atoms with Crippen molar-refractivity contribution in [2.24, 2.45) is 0 Å². The van der Waals surface area contributed by atoms with Gasteiger partial charge in [0.2, 0.25) is 5.75 Å². The van der Waals surface area contributed by atoms with E-state index in [1.165, 1.54) is 39.5 Å². The van der Waals surface area contributed by atoms with E-state index in [-0.39, 0.29) is 22.0 Å². The molecule has 0 unspecified atom stereocenters. The van der Waals surface area contributed by atoms with Crippen LogP contribution in [-0.4, -0.2) is 43.4 Å². The number of hydrogen-bond donors (Lipinski definition) is 4. The van der Waals surface area contributed by atoms with Crippen LogP contribution in [0.15, 0.2) is 48.5 Å². The number of rotatable bonds is 5. The molecule has 0 saturated carbocycles. The van der Waals surface area contributed by atoms with Gasteiger partial charge in [0, 0.05) is 5.56 Å². The van der Waals surface area contributed by atoms with Crippen molar-refractivity contribution < 1.29 is 28.9 Å². The molecule has 0 saturated heterocycles. The standard InChI is InChI=1S/C22H21N3O6S/c1-29-17-10-14(11-18(30-2)19(17)31-3)20(27)23-22(32)25-24-21(28)15-8-12-6-4-5-7-13(12)9-16(15)26/h4-11,26H,1-3H3,(H,24,28)(H2,23,25,27,32). The molecule has 166 valence electrons. The lowest BCUT2D eigenvalue weighted by Crippen LogP contribution is -2.48. The summed E-state index contributed by atoms with van der Waals surface area (Å²) in [5.41, 5.74) is 5.04. The summed E-state index contributed by atoms with van der Waals surface area (Å²) in [6.45, 7) is 0. The van der Waals surface area contributed by atoms with Gasteiger partial charge < -0.3 is 19.3 Å². The van der Waals surface area contributed by atoms with E-state index in [4.69, 9.17) is 26.4 Å². The molecule has 0 aromatic heterocycles. The van der Waals surface area contributed by atoms with Crippen molar-refractivity contribution in [2.45, 2.75) is 0 Å². The molecule has 3 aromatic carbocycles.